The predicted octanol–water partition coefficient (Wildman–Crippen LogP) is 2.62. The third kappa shape index (κ3) is 3.79. The molecule has 0 unspecified atom stereocenters. The van der Waals surface area contributed by atoms with Gasteiger partial charge in [0.1, 0.15) is 6.04 Å². The van der Waals surface area contributed by atoms with Crippen LogP contribution in [-0.2, 0) is 9.53 Å². The summed E-state index contributed by atoms with van der Waals surface area (Å²) in [5.41, 5.74) is 6.99. The van der Waals surface area contributed by atoms with Gasteiger partial charge in [-0.2, -0.15) is 0 Å². The van der Waals surface area contributed by atoms with Crippen LogP contribution < -0.4 is 21.6 Å². The van der Waals surface area contributed by atoms with Crippen molar-refractivity contribution in [2.24, 2.45) is 5.73 Å². The maximum absolute atomic E-state index is 12.0. The maximum atomic E-state index is 12.0. The number of rotatable bonds is 5. The van der Waals surface area contributed by atoms with Crippen molar-refractivity contribution >= 4 is 29.8 Å². The summed E-state index contributed by atoms with van der Waals surface area (Å²) < 4.78 is 4.86. The Hall–Kier alpha value is -2.48. The van der Waals surface area contributed by atoms with Crippen LogP contribution in [0.2, 0.25) is 0 Å². The Balaban J connectivity index is 2.17. The van der Waals surface area contributed by atoms with Gasteiger partial charge in [0.15, 0.2) is 0 Å². The van der Waals surface area contributed by atoms with Gasteiger partial charge in [-0.25, -0.2) is 0 Å². The lowest BCUT2D eigenvalue weighted by Gasteiger charge is -2.24. The number of nitrogens with two attached hydrogens (primary N) is 1. The number of hydrogen-bond acceptors (Lipinski definition) is 3. The number of ether oxygens (including phenoxy) is 1. The van der Waals surface area contributed by atoms with E-state index in [0.717, 1.165) is 10.9 Å². The lowest BCUT2D eigenvalue weighted by molar-refractivity contribution is -0.142. The Morgan fingerprint density at radius 3 is 1.84 bits per heavy atom. The fourth-order valence-corrected chi connectivity index (χ4v) is 5.29. The zero-order valence-corrected chi connectivity index (χ0v) is 14.9. The maximum Gasteiger partial charge on any atom is 0.327 e. The highest BCUT2D eigenvalue weighted by molar-refractivity contribution is 7.79. The average Bonchev–Trinajstić information content (AvgIpc) is 2.69. The van der Waals surface area contributed by atoms with Gasteiger partial charge >= 0.3 is 5.97 Å². The quantitative estimate of drug-likeness (QED) is 0.569. The topological polar surface area (TPSA) is 52.3 Å². The molecule has 0 aromatic heterocycles. The number of benzene rings is 3. The normalized spacial score (nSPS) is 12.0. The molecule has 0 spiro atoms. The Labute approximate surface area is 149 Å². The Kier molecular flexibility index (Phi) is 5.60. The van der Waals surface area contributed by atoms with Crippen LogP contribution in [0.1, 0.15) is 11.6 Å². The molecule has 0 saturated carbocycles. The summed E-state index contributed by atoms with van der Waals surface area (Å²) in [4.78, 5) is 12.0. The lowest BCUT2D eigenvalue weighted by atomic mass is 10.1. The van der Waals surface area contributed by atoms with E-state index in [1.165, 1.54) is 17.7 Å². The Morgan fingerprint density at radius 1 is 0.840 bits per heavy atom. The second-order valence-electron chi connectivity index (χ2n) is 5.57. The molecule has 3 aromatic rings. The molecule has 1 atom stereocenters. The smallest absolute Gasteiger partial charge is 0.327 e. The molecular formula is C21H20NO2P. The van der Waals surface area contributed by atoms with Crippen LogP contribution in [0, 0.1) is 0 Å². The van der Waals surface area contributed by atoms with E-state index in [1.54, 1.807) is 0 Å². The molecule has 0 amide bonds. The van der Waals surface area contributed by atoms with E-state index in [1.807, 2.05) is 54.6 Å². The van der Waals surface area contributed by atoms with Gasteiger partial charge in [-0.1, -0.05) is 84.9 Å². The van der Waals surface area contributed by atoms with E-state index >= 15 is 0 Å². The second-order valence-corrected chi connectivity index (χ2v) is 7.75. The van der Waals surface area contributed by atoms with Gasteiger partial charge in [0.25, 0.3) is 0 Å². The van der Waals surface area contributed by atoms with Crippen molar-refractivity contribution in [3.05, 3.63) is 90.5 Å². The predicted molar refractivity (Wildman–Crippen MR) is 104 cm³/mol. The van der Waals surface area contributed by atoms with Crippen molar-refractivity contribution in [2.45, 2.75) is 6.04 Å². The molecule has 0 aliphatic carbocycles. The van der Waals surface area contributed by atoms with Crippen LogP contribution in [0.3, 0.4) is 0 Å². The molecule has 0 aliphatic rings. The molecule has 25 heavy (non-hydrogen) atoms. The fourth-order valence-electron chi connectivity index (χ4n) is 2.79. The number of carbonyl (C=O) groups is 1. The zero-order valence-electron chi connectivity index (χ0n) is 14.0. The van der Waals surface area contributed by atoms with E-state index in [-0.39, 0.29) is 0 Å². The molecule has 0 fully saturated rings. The third-order valence-electron chi connectivity index (χ3n) is 4.00. The minimum absolute atomic E-state index is 0.427. The number of hydrogen-bond donors (Lipinski definition) is 1. The van der Waals surface area contributed by atoms with Gasteiger partial charge in [0.05, 0.1) is 7.11 Å². The minimum Gasteiger partial charge on any atom is -0.468 e. The van der Waals surface area contributed by atoms with Crippen LogP contribution >= 0.6 is 7.92 Å². The fraction of sp³-hybridized carbons (Fsp3) is 0.0952. The first-order valence-electron chi connectivity index (χ1n) is 8.05. The van der Waals surface area contributed by atoms with E-state index < -0.39 is 19.9 Å². The van der Waals surface area contributed by atoms with Gasteiger partial charge in [0.2, 0.25) is 0 Å². The first kappa shape index (κ1) is 17.3. The summed E-state index contributed by atoms with van der Waals surface area (Å²) in [6.07, 6.45) is 0. The lowest BCUT2D eigenvalue weighted by Crippen LogP contribution is -2.30. The molecule has 0 saturated heterocycles. The third-order valence-corrected chi connectivity index (χ3v) is 6.51. The number of esters is 1. The molecule has 2 N–H and O–H groups in total. The van der Waals surface area contributed by atoms with E-state index in [9.17, 15) is 4.79 Å². The Bertz CT molecular complexity index is 797. The number of methoxy groups -OCH3 is 1. The summed E-state index contributed by atoms with van der Waals surface area (Å²) in [7, 11) is 0.546. The zero-order chi connectivity index (χ0) is 17.6. The van der Waals surface area contributed by atoms with E-state index in [2.05, 4.69) is 30.3 Å². The largest absolute Gasteiger partial charge is 0.468 e. The second kappa shape index (κ2) is 8.06. The van der Waals surface area contributed by atoms with E-state index in [0.29, 0.717) is 0 Å². The van der Waals surface area contributed by atoms with Crippen LogP contribution in [0.15, 0.2) is 84.9 Å². The standard InChI is InChI=1S/C21H20NO2P/c1-24-21(23)20(22)18-14-8-9-15-19(18)25(16-10-4-2-5-11-16)17-12-6-3-7-13-17/h2-15,20H,22H2,1H3/t20-/m1/s1. The van der Waals surface area contributed by atoms with Gasteiger partial charge in [-0.05, 0) is 29.4 Å². The molecule has 0 bridgehead atoms. The average molecular weight is 349 g/mol. The minimum atomic E-state index is -0.817. The molecule has 0 aliphatic heterocycles. The highest BCUT2D eigenvalue weighted by Gasteiger charge is 2.25. The highest BCUT2D eigenvalue weighted by atomic mass is 31.1. The van der Waals surface area contributed by atoms with Crippen molar-refractivity contribution in [2.75, 3.05) is 7.11 Å². The van der Waals surface area contributed by atoms with Crippen molar-refractivity contribution in [3.8, 4) is 0 Å². The molecule has 3 aromatic carbocycles. The molecule has 3 nitrogen and oxygen atoms in total. The molecular weight excluding hydrogens is 329 g/mol. The molecule has 126 valence electrons. The molecule has 3 rings (SSSR count). The van der Waals surface area contributed by atoms with Crippen molar-refractivity contribution in [1.29, 1.82) is 0 Å². The van der Waals surface area contributed by atoms with Crippen LogP contribution in [-0.4, -0.2) is 13.1 Å². The molecule has 0 radical (unpaired) electrons. The van der Waals surface area contributed by atoms with Gasteiger partial charge in [0, 0.05) is 0 Å². The Morgan fingerprint density at radius 2 is 1.32 bits per heavy atom. The molecule has 4 heteroatoms. The van der Waals surface area contributed by atoms with Crippen molar-refractivity contribution in [3.63, 3.8) is 0 Å². The van der Waals surface area contributed by atoms with Crippen LogP contribution in [0.25, 0.3) is 0 Å². The highest BCUT2D eigenvalue weighted by Crippen LogP contribution is 2.35. The van der Waals surface area contributed by atoms with Gasteiger partial charge in [-0.15, -0.1) is 0 Å². The summed E-state index contributed by atoms with van der Waals surface area (Å²) in [6, 6.07) is 27.7. The van der Waals surface area contributed by atoms with Crippen molar-refractivity contribution < 1.29 is 9.53 Å². The summed E-state index contributed by atoms with van der Waals surface area (Å²) >= 11 is 0. The first-order chi connectivity index (χ1) is 12.2. The summed E-state index contributed by atoms with van der Waals surface area (Å²) in [5, 5.41) is 3.51. The van der Waals surface area contributed by atoms with Gasteiger partial charge in [-0.3, -0.25) is 4.79 Å². The van der Waals surface area contributed by atoms with Gasteiger partial charge < -0.3 is 10.5 Å². The SMILES string of the molecule is COC(=O)[C@H](N)c1ccccc1P(c1ccccc1)c1ccccc1. The summed E-state index contributed by atoms with van der Waals surface area (Å²) in [5.74, 6) is -0.427. The monoisotopic (exact) mass is 349 g/mol. The van der Waals surface area contributed by atoms with Crippen molar-refractivity contribution in [1.82, 2.24) is 0 Å². The van der Waals surface area contributed by atoms with Crippen LogP contribution in [0.4, 0.5) is 0 Å². The molecule has 0 heterocycles. The van der Waals surface area contributed by atoms with E-state index in [4.69, 9.17) is 10.5 Å². The summed E-state index contributed by atoms with van der Waals surface area (Å²) in [6.45, 7) is 0. The number of carbonyl (C=O) groups excluding carboxylic acids is 1. The first-order valence-corrected chi connectivity index (χ1v) is 9.39. The van der Waals surface area contributed by atoms with Crippen LogP contribution in [0.5, 0.6) is 0 Å².